The van der Waals surface area contributed by atoms with Crippen molar-refractivity contribution in [3.63, 3.8) is 0 Å². The zero-order valence-electron chi connectivity index (χ0n) is 9.50. The third kappa shape index (κ3) is 2.57. The highest BCUT2D eigenvalue weighted by atomic mass is 16.1. The molecule has 1 amide bonds. The van der Waals surface area contributed by atoms with Gasteiger partial charge in [-0.15, -0.1) is 0 Å². The van der Waals surface area contributed by atoms with Gasteiger partial charge in [0.25, 0.3) is 0 Å². The molecule has 1 atom stereocenters. The lowest BCUT2D eigenvalue weighted by Crippen LogP contribution is -2.34. The monoisotopic (exact) mass is 206 g/mol. The van der Waals surface area contributed by atoms with Crippen LogP contribution in [0.2, 0.25) is 0 Å². The molecule has 1 aromatic carbocycles. The zero-order valence-corrected chi connectivity index (χ0v) is 9.50. The molecule has 1 rings (SSSR count). The van der Waals surface area contributed by atoms with Gasteiger partial charge in [-0.3, -0.25) is 4.79 Å². The van der Waals surface area contributed by atoms with Gasteiger partial charge in [-0.25, -0.2) is 0 Å². The quantitative estimate of drug-likeness (QED) is 0.783. The van der Waals surface area contributed by atoms with E-state index in [9.17, 15) is 4.79 Å². The average Bonchev–Trinajstić information content (AvgIpc) is 2.19. The van der Waals surface area contributed by atoms with Gasteiger partial charge in [0.05, 0.1) is 0 Å². The first-order chi connectivity index (χ1) is 7.07. The van der Waals surface area contributed by atoms with Crippen LogP contribution in [0.1, 0.15) is 29.7 Å². The molecule has 0 aliphatic heterocycles. The minimum atomic E-state index is -0.380. The maximum Gasteiger partial charge on any atom is 0.239 e. The van der Waals surface area contributed by atoms with Gasteiger partial charge >= 0.3 is 0 Å². The lowest BCUT2D eigenvalue weighted by Gasteiger charge is -2.18. The zero-order chi connectivity index (χ0) is 11.4. The molecule has 3 nitrogen and oxygen atoms in total. The van der Waals surface area contributed by atoms with Crippen molar-refractivity contribution in [2.45, 2.75) is 26.8 Å². The fraction of sp³-hybridized carbons (Fsp3) is 0.417. The van der Waals surface area contributed by atoms with Crippen LogP contribution in [0.3, 0.4) is 0 Å². The summed E-state index contributed by atoms with van der Waals surface area (Å²) in [7, 11) is 0. The number of nitrogens with two attached hydrogens (primary N) is 1. The van der Waals surface area contributed by atoms with E-state index in [1.165, 1.54) is 5.56 Å². The Balaban J connectivity index is 3.11. The fourth-order valence-electron chi connectivity index (χ4n) is 1.65. The molecule has 0 aliphatic carbocycles. The first kappa shape index (κ1) is 11.7. The minimum absolute atomic E-state index is 0.328. The maximum atomic E-state index is 11.3. The molecule has 3 heteroatoms. The standard InChI is InChI=1S/C12H18N2O/c1-4-14-11(12(13)15)10-7-5-6-8(2)9(10)3/h5-7,11,14H,4H2,1-3H3,(H2,13,15). The summed E-state index contributed by atoms with van der Waals surface area (Å²) in [4.78, 5) is 11.3. The van der Waals surface area contributed by atoms with Crippen LogP contribution in [0, 0.1) is 13.8 Å². The number of carbonyl (C=O) groups is 1. The molecule has 0 saturated carbocycles. The van der Waals surface area contributed by atoms with Crippen molar-refractivity contribution < 1.29 is 4.79 Å². The number of nitrogens with one attached hydrogen (secondary N) is 1. The third-order valence-electron chi connectivity index (χ3n) is 2.65. The van der Waals surface area contributed by atoms with Crippen LogP contribution < -0.4 is 11.1 Å². The number of rotatable bonds is 4. The van der Waals surface area contributed by atoms with Crippen molar-refractivity contribution in [1.82, 2.24) is 5.32 Å². The molecule has 15 heavy (non-hydrogen) atoms. The molecule has 82 valence electrons. The summed E-state index contributed by atoms with van der Waals surface area (Å²) in [6, 6.07) is 5.55. The Morgan fingerprint density at radius 2 is 2.13 bits per heavy atom. The highest BCUT2D eigenvalue weighted by molar-refractivity contribution is 5.82. The van der Waals surface area contributed by atoms with E-state index in [0.717, 1.165) is 17.7 Å². The number of aryl methyl sites for hydroxylation is 1. The van der Waals surface area contributed by atoms with Crippen molar-refractivity contribution in [3.05, 3.63) is 34.9 Å². The van der Waals surface area contributed by atoms with Gasteiger partial charge in [0.2, 0.25) is 5.91 Å². The van der Waals surface area contributed by atoms with Crippen molar-refractivity contribution >= 4 is 5.91 Å². The summed E-state index contributed by atoms with van der Waals surface area (Å²) in [5.41, 5.74) is 8.65. The van der Waals surface area contributed by atoms with Gasteiger partial charge in [0, 0.05) is 0 Å². The Kier molecular flexibility index (Phi) is 3.86. The molecule has 0 aromatic heterocycles. The molecule has 0 radical (unpaired) electrons. The Hall–Kier alpha value is -1.35. The number of likely N-dealkylation sites (N-methyl/N-ethyl adjacent to an activating group) is 1. The van der Waals surface area contributed by atoms with Crippen molar-refractivity contribution in [2.75, 3.05) is 6.54 Å². The normalized spacial score (nSPS) is 12.5. The Bertz CT molecular complexity index is 361. The van der Waals surface area contributed by atoms with Gasteiger partial charge in [0.15, 0.2) is 0 Å². The van der Waals surface area contributed by atoms with Gasteiger partial charge < -0.3 is 11.1 Å². The lowest BCUT2D eigenvalue weighted by atomic mass is 9.97. The Morgan fingerprint density at radius 3 is 2.67 bits per heavy atom. The highest BCUT2D eigenvalue weighted by Crippen LogP contribution is 2.20. The van der Waals surface area contributed by atoms with E-state index in [2.05, 4.69) is 5.32 Å². The lowest BCUT2D eigenvalue weighted by molar-refractivity contribution is -0.120. The molecule has 3 N–H and O–H groups in total. The summed E-state index contributed by atoms with van der Waals surface area (Å²) in [6.07, 6.45) is 0. The van der Waals surface area contributed by atoms with E-state index >= 15 is 0 Å². The average molecular weight is 206 g/mol. The van der Waals surface area contributed by atoms with Gasteiger partial charge in [-0.2, -0.15) is 0 Å². The fourth-order valence-corrected chi connectivity index (χ4v) is 1.65. The van der Waals surface area contributed by atoms with Crippen molar-refractivity contribution in [2.24, 2.45) is 5.73 Å². The molecule has 0 bridgehead atoms. The highest BCUT2D eigenvalue weighted by Gasteiger charge is 2.18. The van der Waals surface area contributed by atoms with E-state index in [4.69, 9.17) is 5.73 Å². The maximum absolute atomic E-state index is 11.3. The molecule has 0 spiro atoms. The number of carbonyl (C=O) groups excluding carboxylic acids is 1. The summed E-state index contributed by atoms with van der Waals surface area (Å²) in [5.74, 6) is -0.328. The number of hydrogen-bond donors (Lipinski definition) is 2. The first-order valence-corrected chi connectivity index (χ1v) is 5.16. The second-order valence-electron chi connectivity index (χ2n) is 3.68. The summed E-state index contributed by atoms with van der Waals surface area (Å²) in [6.45, 7) is 6.73. The predicted octanol–water partition coefficient (Wildman–Crippen LogP) is 1.44. The van der Waals surface area contributed by atoms with Crippen LogP contribution in [-0.2, 0) is 4.79 Å². The largest absolute Gasteiger partial charge is 0.368 e. The molecule has 0 fully saturated rings. The van der Waals surface area contributed by atoms with Gasteiger partial charge in [-0.1, -0.05) is 25.1 Å². The van der Waals surface area contributed by atoms with Crippen LogP contribution in [0.5, 0.6) is 0 Å². The predicted molar refractivity (Wildman–Crippen MR) is 61.5 cm³/mol. The number of hydrogen-bond acceptors (Lipinski definition) is 2. The molecule has 1 unspecified atom stereocenters. The van der Waals surface area contributed by atoms with E-state index in [1.54, 1.807) is 0 Å². The van der Waals surface area contributed by atoms with Crippen LogP contribution in [0.15, 0.2) is 18.2 Å². The molecule has 0 heterocycles. The van der Waals surface area contributed by atoms with Crippen LogP contribution in [0.25, 0.3) is 0 Å². The van der Waals surface area contributed by atoms with Crippen LogP contribution >= 0.6 is 0 Å². The molecular formula is C12H18N2O. The number of amides is 1. The second-order valence-corrected chi connectivity index (χ2v) is 3.68. The third-order valence-corrected chi connectivity index (χ3v) is 2.65. The molecule has 1 aromatic rings. The van der Waals surface area contributed by atoms with E-state index in [0.29, 0.717) is 0 Å². The summed E-state index contributed by atoms with van der Waals surface area (Å²) in [5, 5.41) is 3.09. The van der Waals surface area contributed by atoms with Crippen LogP contribution in [-0.4, -0.2) is 12.5 Å². The number of primary amides is 1. The van der Waals surface area contributed by atoms with E-state index in [1.807, 2.05) is 39.0 Å². The van der Waals surface area contributed by atoms with E-state index in [-0.39, 0.29) is 11.9 Å². The second kappa shape index (κ2) is 4.94. The number of benzene rings is 1. The molecule has 0 aliphatic rings. The Morgan fingerprint density at radius 1 is 1.47 bits per heavy atom. The van der Waals surface area contributed by atoms with Crippen LogP contribution in [0.4, 0.5) is 0 Å². The topological polar surface area (TPSA) is 55.1 Å². The van der Waals surface area contributed by atoms with Crippen molar-refractivity contribution in [3.8, 4) is 0 Å². The first-order valence-electron chi connectivity index (χ1n) is 5.16. The van der Waals surface area contributed by atoms with Crippen molar-refractivity contribution in [1.29, 1.82) is 0 Å². The summed E-state index contributed by atoms with van der Waals surface area (Å²) < 4.78 is 0. The van der Waals surface area contributed by atoms with E-state index < -0.39 is 0 Å². The smallest absolute Gasteiger partial charge is 0.239 e. The SMILES string of the molecule is CCNC(C(N)=O)c1cccc(C)c1C. The van der Waals surface area contributed by atoms with Gasteiger partial charge in [0.1, 0.15) is 6.04 Å². The minimum Gasteiger partial charge on any atom is -0.368 e. The van der Waals surface area contributed by atoms with Gasteiger partial charge in [-0.05, 0) is 37.1 Å². The molecular weight excluding hydrogens is 188 g/mol. The Labute approximate surface area is 90.7 Å². The summed E-state index contributed by atoms with van der Waals surface area (Å²) >= 11 is 0. The molecule has 0 saturated heterocycles.